The molecular weight excluding hydrogens is 236 g/mol. The average Bonchev–Trinajstić information content (AvgIpc) is 2.41. The number of hydrogen-bond acceptors (Lipinski definition) is 3. The Morgan fingerprint density at radius 1 is 1.21 bits per heavy atom. The summed E-state index contributed by atoms with van der Waals surface area (Å²) in [7, 11) is 0. The lowest BCUT2D eigenvalue weighted by Crippen LogP contribution is -2.39. The molecule has 1 aromatic carbocycles. The van der Waals surface area contributed by atoms with E-state index in [1.807, 2.05) is 0 Å². The van der Waals surface area contributed by atoms with Gasteiger partial charge >= 0.3 is 0 Å². The van der Waals surface area contributed by atoms with Crippen LogP contribution in [0.5, 0.6) is 0 Å². The summed E-state index contributed by atoms with van der Waals surface area (Å²) in [5.41, 5.74) is 5.54. The first-order chi connectivity index (χ1) is 9.16. The van der Waals surface area contributed by atoms with E-state index in [1.165, 1.54) is 22.3 Å². The SMILES string of the molecule is Cc1cc(C)c(CNCCC2CNCCO2)cc1C. The Morgan fingerprint density at radius 2 is 2.00 bits per heavy atom. The molecule has 1 aliphatic rings. The molecule has 1 atom stereocenters. The Labute approximate surface area is 116 Å². The van der Waals surface area contributed by atoms with Gasteiger partial charge in [0.15, 0.2) is 0 Å². The van der Waals surface area contributed by atoms with Gasteiger partial charge < -0.3 is 15.4 Å². The number of benzene rings is 1. The van der Waals surface area contributed by atoms with Crippen LogP contribution in [0.2, 0.25) is 0 Å². The van der Waals surface area contributed by atoms with Crippen molar-refractivity contribution in [2.75, 3.05) is 26.2 Å². The van der Waals surface area contributed by atoms with Crippen molar-refractivity contribution >= 4 is 0 Å². The molecule has 106 valence electrons. The van der Waals surface area contributed by atoms with Crippen molar-refractivity contribution in [1.82, 2.24) is 10.6 Å². The highest BCUT2D eigenvalue weighted by molar-refractivity contribution is 5.36. The highest BCUT2D eigenvalue weighted by atomic mass is 16.5. The predicted octanol–water partition coefficient (Wildman–Crippen LogP) is 2.08. The van der Waals surface area contributed by atoms with Crippen molar-refractivity contribution in [3.8, 4) is 0 Å². The first kappa shape index (κ1) is 14.5. The predicted molar refractivity (Wildman–Crippen MR) is 79.6 cm³/mol. The van der Waals surface area contributed by atoms with E-state index in [0.717, 1.165) is 39.2 Å². The fraction of sp³-hybridized carbons (Fsp3) is 0.625. The number of ether oxygens (including phenoxy) is 1. The van der Waals surface area contributed by atoms with Crippen LogP contribution in [0, 0.1) is 20.8 Å². The number of aryl methyl sites for hydroxylation is 3. The summed E-state index contributed by atoms with van der Waals surface area (Å²) in [6.45, 7) is 11.3. The summed E-state index contributed by atoms with van der Waals surface area (Å²) in [4.78, 5) is 0. The first-order valence-corrected chi connectivity index (χ1v) is 7.26. The molecule has 0 bridgehead atoms. The fourth-order valence-corrected chi connectivity index (χ4v) is 2.50. The van der Waals surface area contributed by atoms with Gasteiger partial charge in [0.05, 0.1) is 12.7 Å². The fourth-order valence-electron chi connectivity index (χ4n) is 2.50. The third-order valence-corrected chi connectivity index (χ3v) is 3.92. The van der Waals surface area contributed by atoms with Crippen molar-refractivity contribution < 1.29 is 4.74 Å². The van der Waals surface area contributed by atoms with E-state index in [9.17, 15) is 0 Å². The second kappa shape index (κ2) is 7.04. The van der Waals surface area contributed by atoms with Crippen LogP contribution in [-0.2, 0) is 11.3 Å². The molecule has 1 saturated heterocycles. The summed E-state index contributed by atoms with van der Waals surface area (Å²) in [6.07, 6.45) is 1.46. The van der Waals surface area contributed by atoms with E-state index in [1.54, 1.807) is 0 Å². The minimum atomic E-state index is 0.377. The van der Waals surface area contributed by atoms with E-state index < -0.39 is 0 Å². The van der Waals surface area contributed by atoms with Gasteiger partial charge in [0.1, 0.15) is 0 Å². The zero-order chi connectivity index (χ0) is 13.7. The maximum Gasteiger partial charge on any atom is 0.0712 e. The van der Waals surface area contributed by atoms with Gasteiger partial charge in [0.2, 0.25) is 0 Å². The molecule has 0 radical (unpaired) electrons. The Balaban J connectivity index is 1.74. The van der Waals surface area contributed by atoms with Gasteiger partial charge in [-0.05, 0) is 56.0 Å². The lowest BCUT2D eigenvalue weighted by Gasteiger charge is -2.23. The molecule has 1 unspecified atom stereocenters. The molecule has 3 nitrogen and oxygen atoms in total. The maximum absolute atomic E-state index is 5.69. The normalized spacial score (nSPS) is 19.6. The van der Waals surface area contributed by atoms with Crippen LogP contribution in [0.3, 0.4) is 0 Å². The van der Waals surface area contributed by atoms with Gasteiger partial charge in [-0.25, -0.2) is 0 Å². The van der Waals surface area contributed by atoms with Gasteiger partial charge in [-0.2, -0.15) is 0 Å². The van der Waals surface area contributed by atoms with Crippen molar-refractivity contribution in [3.05, 3.63) is 34.4 Å². The summed E-state index contributed by atoms with van der Waals surface area (Å²) >= 11 is 0. The molecule has 19 heavy (non-hydrogen) atoms. The van der Waals surface area contributed by atoms with E-state index >= 15 is 0 Å². The van der Waals surface area contributed by atoms with E-state index in [2.05, 4.69) is 43.5 Å². The Kier molecular flexibility index (Phi) is 5.37. The van der Waals surface area contributed by atoms with E-state index in [0.29, 0.717) is 6.10 Å². The molecule has 0 aliphatic carbocycles. The van der Waals surface area contributed by atoms with Crippen LogP contribution in [0.1, 0.15) is 28.7 Å². The lowest BCUT2D eigenvalue weighted by atomic mass is 10.0. The van der Waals surface area contributed by atoms with Crippen LogP contribution in [0.15, 0.2) is 12.1 Å². The third-order valence-electron chi connectivity index (χ3n) is 3.92. The standard InChI is InChI=1S/C16H26N2O/c1-12-8-14(3)15(9-13(12)2)10-17-5-4-16-11-18-6-7-19-16/h8-9,16-18H,4-7,10-11H2,1-3H3. The van der Waals surface area contributed by atoms with Gasteiger partial charge in [-0.3, -0.25) is 0 Å². The lowest BCUT2D eigenvalue weighted by molar-refractivity contribution is 0.0238. The molecule has 3 heteroatoms. The van der Waals surface area contributed by atoms with Crippen molar-refractivity contribution in [3.63, 3.8) is 0 Å². The van der Waals surface area contributed by atoms with Crippen LogP contribution >= 0.6 is 0 Å². The number of hydrogen-bond donors (Lipinski definition) is 2. The second-order valence-corrected chi connectivity index (χ2v) is 5.53. The van der Waals surface area contributed by atoms with Crippen molar-refractivity contribution in [1.29, 1.82) is 0 Å². The molecule has 0 aromatic heterocycles. The molecule has 1 aliphatic heterocycles. The molecule has 1 aromatic rings. The quantitative estimate of drug-likeness (QED) is 0.797. The number of morpholine rings is 1. The van der Waals surface area contributed by atoms with Crippen LogP contribution < -0.4 is 10.6 Å². The zero-order valence-corrected chi connectivity index (χ0v) is 12.4. The molecule has 0 saturated carbocycles. The molecule has 2 rings (SSSR count). The van der Waals surface area contributed by atoms with E-state index in [4.69, 9.17) is 4.74 Å². The third kappa shape index (κ3) is 4.30. The van der Waals surface area contributed by atoms with Gasteiger partial charge in [0.25, 0.3) is 0 Å². The summed E-state index contributed by atoms with van der Waals surface area (Å²) in [5.74, 6) is 0. The molecular formula is C16H26N2O. The zero-order valence-electron chi connectivity index (χ0n) is 12.4. The minimum Gasteiger partial charge on any atom is -0.376 e. The average molecular weight is 262 g/mol. The van der Waals surface area contributed by atoms with Crippen molar-refractivity contribution in [2.45, 2.75) is 39.8 Å². The second-order valence-electron chi connectivity index (χ2n) is 5.53. The summed E-state index contributed by atoms with van der Waals surface area (Å²) in [5, 5.41) is 6.89. The van der Waals surface area contributed by atoms with Crippen LogP contribution in [-0.4, -0.2) is 32.3 Å². The Morgan fingerprint density at radius 3 is 2.74 bits per heavy atom. The van der Waals surface area contributed by atoms with E-state index in [-0.39, 0.29) is 0 Å². The largest absolute Gasteiger partial charge is 0.376 e. The van der Waals surface area contributed by atoms with Gasteiger partial charge in [-0.1, -0.05) is 12.1 Å². The van der Waals surface area contributed by atoms with Gasteiger partial charge in [-0.15, -0.1) is 0 Å². The minimum absolute atomic E-state index is 0.377. The first-order valence-electron chi connectivity index (χ1n) is 7.26. The maximum atomic E-state index is 5.69. The molecule has 0 amide bonds. The Bertz CT molecular complexity index is 411. The molecule has 1 fully saturated rings. The topological polar surface area (TPSA) is 33.3 Å². The highest BCUT2D eigenvalue weighted by Crippen LogP contribution is 2.15. The summed E-state index contributed by atoms with van der Waals surface area (Å²) < 4.78 is 5.69. The molecule has 2 N–H and O–H groups in total. The van der Waals surface area contributed by atoms with Crippen LogP contribution in [0.25, 0.3) is 0 Å². The molecule has 0 spiro atoms. The summed E-state index contributed by atoms with van der Waals surface area (Å²) in [6, 6.07) is 4.58. The van der Waals surface area contributed by atoms with Crippen LogP contribution in [0.4, 0.5) is 0 Å². The number of nitrogens with one attached hydrogen (secondary N) is 2. The Hall–Kier alpha value is -0.900. The monoisotopic (exact) mass is 262 g/mol. The highest BCUT2D eigenvalue weighted by Gasteiger charge is 2.12. The number of rotatable bonds is 5. The smallest absolute Gasteiger partial charge is 0.0712 e. The molecule has 1 heterocycles. The van der Waals surface area contributed by atoms with Gasteiger partial charge in [0, 0.05) is 19.6 Å². The van der Waals surface area contributed by atoms with Crippen molar-refractivity contribution in [2.24, 2.45) is 0 Å².